The molecule has 5 heteroatoms. The molecule has 0 amide bonds. The molecule has 2 rings (SSSR count). The molecule has 1 aromatic carbocycles. The minimum atomic E-state index is 0.0578. The van der Waals surface area contributed by atoms with Gasteiger partial charge in [-0.15, -0.1) is 0 Å². The normalized spacial score (nSPS) is 10.5. The molecule has 1 aromatic heterocycles. The summed E-state index contributed by atoms with van der Waals surface area (Å²) in [4.78, 5) is 8.84. The van der Waals surface area contributed by atoms with Crippen LogP contribution in [0, 0.1) is 6.92 Å². The number of phenols is 1. The van der Waals surface area contributed by atoms with Crippen LogP contribution in [0.3, 0.4) is 0 Å². The lowest BCUT2D eigenvalue weighted by atomic mass is 10.2. The van der Waals surface area contributed by atoms with Crippen LogP contribution >= 0.6 is 11.6 Å². The van der Waals surface area contributed by atoms with E-state index in [2.05, 4.69) is 22.2 Å². The van der Waals surface area contributed by atoms with Crippen molar-refractivity contribution in [3.8, 4) is 17.1 Å². The largest absolute Gasteiger partial charge is 0.506 e. The van der Waals surface area contributed by atoms with Gasteiger partial charge in [-0.25, -0.2) is 9.97 Å². The first-order valence-electron chi connectivity index (χ1n) is 6.18. The molecule has 0 aliphatic heterocycles. The van der Waals surface area contributed by atoms with Crippen LogP contribution in [0.25, 0.3) is 11.4 Å². The van der Waals surface area contributed by atoms with Gasteiger partial charge in [0.1, 0.15) is 11.6 Å². The van der Waals surface area contributed by atoms with Crippen molar-refractivity contribution in [2.24, 2.45) is 0 Å². The minimum absolute atomic E-state index is 0.0578. The number of halogens is 1. The Morgan fingerprint density at radius 1 is 1.26 bits per heavy atom. The summed E-state index contributed by atoms with van der Waals surface area (Å²) in [6, 6.07) is 6.86. The summed E-state index contributed by atoms with van der Waals surface area (Å²) >= 11 is 5.91. The number of nitrogens with one attached hydrogen (secondary N) is 1. The van der Waals surface area contributed by atoms with Crippen LogP contribution in [-0.4, -0.2) is 21.6 Å². The fraction of sp³-hybridized carbons (Fsp3) is 0.286. The lowest BCUT2D eigenvalue weighted by molar-refractivity contribution is 0.475. The summed E-state index contributed by atoms with van der Waals surface area (Å²) in [6.45, 7) is 4.89. The fourth-order valence-electron chi connectivity index (χ4n) is 1.69. The molecule has 2 aromatic rings. The molecule has 0 radical (unpaired) electrons. The Morgan fingerprint density at radius 3 is 2.74 bits per heavy atom. The van der Waals surface area contributed by atoms with E-state index in [0.29, 0.717) is 10.8 Å². The van der Waals surface area contributed by atoms with E-state index in [9.17, 15) is 5.11 Å². The Labute approximate surface area is 117 Å². The molecule has 0 bridgehead atoms. The second-order valence-electron chi connectivity index (χ2n) is 4.31. The molecule has 0 atom stereocenters. The molecule has 0 saturated heterocycles. The van der Waals surface area contributed by atoms with E-state index in [1.807, 2.05) is 13.0 Å². The fourth-order valence-corrected chi connectivity index (χ4v) is 1.87. The van der Waals surface area contributed by atoms with Crippen LogP contribution < -0.4 is 5.32 Å². The molecule has 1 heterocycles. The highest BCUT2D eigenvalue weighted by Crippen LogP contribution is 2.28. The Kier molecular flexibility index (Phi) is 4.22. The zero-order valence-corrected chi connectivity index (χ0v) is 11.7. The van der Waals surface area contributed by atoms with Crippen molar-refractivity contribution in [1.29, 1.82) is 0 Å². The van der Waals surface area contributed by atoms with Gasteiger partial charge in [0, 0.05) is 23.9 Å². The first-order chi connectivity index (χ1) is 9.10. The number of phenolic OH excluding ortho intramolecular Hbond substituents is 1. The zero-order valence-electron chi connectivity index (χ0n) is 10.9. The van der Waals surface area contributed by atoms with Crippen LogP contribution in [-0.2, 0) is 0 Å². The SMILES string of the molecule is CCCNc1cc(C)nc(-c2ccc(O)c(Cl)c2)n1. The molecule has 2 N–H and O–H groups in total. The molecule has 0 aliphatic rings. The van der Waals surface area contributed by atoms with Gasteiger partial charge in [-0.05, 0) is 31.5 Å². The van der Waals surface area contributed by atoms with Gasteiger partial charge in [-0.1, -0.05) is 18.5 Å². The number of nitrogens with zero attached hydrogens (tertiary/aromatic N) is 2. The molecular weight excluding hydrogens is 262 g/mol. The Bertz CT molecular complexity index is 587. The van der Waals surface area contributed by atoms with E-state index < -0.39 is 0 Å². The van der Waals surface area contributed by atoms with Crippen molar-refractivity contribution < 1.29 is 5.11 Å². The van der Waals surface area contributed by atoms with E-state index in [1.165, 1.54) is 0 Å². The second-order valence-corrected chi connectivity index (χ2v) is 4.72. The highest BCUT2D eigenvalue weighted by molar-refractivity contribution is 6.32. The number of rotatable bonds is 4. The van der Waals surface area contributed by atoms with Gasteiger partial charge in [0.15, 0.2) is 5.82 Å². The summed E-state index contributed by atoms with van der Waals surface area (Å²) in [7, 11) is 0. The van der Waals surface area contributed by atoms with E-state index >= 15 is 0 Å². The van der Waals surface area contributed by atoms with E-state index in [4.69, 9.17) is 11.6 Å². The zero-order chi connectivity index (χ0) is 13.8. The van der Waals surface area contributed by atoms with Crippen LogP contribution in [0.15, 0.2) is 24.3 Å². The topological polar surface area (TPSA) is 58.0 Å². The monoisotopic (exact) mass is 277 g/mol. The smallest absolute Gasteiger partial charge is 0.161 e. The molecule has 4 nitrogen and oxygen atoms in total. The number of hydrogen-bond acceptors (Lipinski definition) is 4. The predicted octanol–water partition coefficient (Wildman–Crippen LogP) is 3.63. The standard InChI is InChI=1S/C14H16ClN3O/c1-3-6-16-13-7-9(2)17-14(18-13)10-4-5-12(19)11(15)8-10/h4-5,7-8,19H,3,6H2,1-2H3,(H,16,17,18). The Hall–Kier alpha value is -1.81. The van der Waals surface area contributed by atoms with E-state index in [-0.39, 0.29) is 5.75 Å². The molecule has 0 unspecified atom stereocenters. The molecule has 0 saturated carbocycles. The summed E-state index contributed by atoms with van der Waals surface area (Å²) in [5.74, 6) is 1.46. The molecule has 100 valence electrons. The van der Waals surface area contributed by atoms with Crippen molar-refractivity contribution in [3.05, 3.63) is 35.0 Å². The van der Waals surface area contributed by atoms with Crippen molar-refractivity contribution in [2.75, 3.05) is 11.9 Å². The number of aromatic nitrogens is 2. The van der Waals surface area contributed by atoms with Crippen molar-refractivity contribution >= 4 is 17.4 Å². The number of aryl methyl sites for hydroxylation is 1. The van der Waals surface area contributed by atoms with E-state index in [1.54, 1.807) is 18.2 Å². The van der Waals surface area contributed by atoms with Gasteiger partial charge in [-0.3, -0.25) is 0 Å². The third-order valence-corrected chi connectivity index (χ3v) is 2.92. The van der Waals surface area contributed by atoms with Crippen molar-refractivity contribution in [3.63, 3.8) is 0 Å². The summed E-state index contributed by atoms with van der Waals surface area (Å²) in [6.07, 6.45) is 1.03. The van der Waals surface area contributed by atoms with Gasteiger partial charge >= 0.3 is 0 Å². The molecular formula is C14H16ClN3O. The molecule has 0 fully saturated rings. The van der Waals surface area contributed by atoms with Gasteiger partial charge in [-0.2, -0.15) is 0 Å². The highest BCUT2D eigenvalue weighted by Gasteiger charge is 2.07. The number of aromatic hydroxyl groups is 1. The van der Waals surface area contributed by atoms with Gasteiger partial charge in [0.05, 0.1) is 5.02 Å². The van der Waals surface area contributed by atoms with E-state index in [0.717, 1.165) is 30.0 Å². The number of anilines is 1. The highest BCUT2D eigenvalue weighted by atomic mass is 35.5. The third-order valence-electron chi connectivity index (χ3n) is 2.62. The maximum Gasteiger partial charge on any atom is 0.161 e. The predicted molar refractivity (Wildman–Crippen MR) is 77.7 cm³/mol. The van der Waals surface area contributed by atoms with Crippen LogP contribution in [0.5, 0.6) is 5.75 Å². The molecule has 19 heavy (non-hydrogen) atoms. The van der Waals surface area contributed by atoms with Crippen molar-refractivity contribution in [2.45, 2.75) is 20.3 Å². The summed E-state index contributed by atoms with van der Waals surface area (Å²) in [5.41, 5.74) is 1.67. The maximum atomic E-state index is 9.43. The number of benzene rings is 1. The van der Waals surface area contributed by atoms with Gasteiger partial charge in [0.2, 0.25) is 0 Å². The number of hydrogen-bond donors (Lipinski definition) is 2. The summed E-state index contributed by atoms with van der Waals surface area (Å²) < 4.78 is 0. The quantitative estimate of drug-likeness (QED) is 0.896. The van der Waals surface area contributed by atoms with Crippen molar-refractivity contribution in [1.82, 2.24) is 9.97 Å². The minimum Gasteiger partial charge on any atom is -0.506 e. The second kappa shape index (κ2) is 5.89. The molecule has 0 aliphatic carbocycles. The Morgan fingerprint density at radius 2 is 2.05 bits per heavy atom. The third kappa shape index (κ3) is 3.35. The maximum absolute atomic E-state index is 9.43. The lowest BCUT2D eigenvalue weighted by Gasteiger charge is -2.08. The van der Waals surface area contributed by atoms with Gasteiger partial charge < -0.3 is 10.4 Å². The molecule has 0 spiro atoms. The van der Waals surface area contributed by atoms with Crippen LogP contribution in [0.1, 0.15) is 19.0 Å². The summed E-state index contributed by atoms with van der Waals surface area (Å²) in [5, 5.41) is 13.0. The first kappa shape index (κ1) is 13.6. The Balaban J connectivity index is 2.37. The van der Waals surface area contributed by atoms with Gasteiger partial charge in [0.25, 0.3) is 0 Å². The average Bonchev–Trinajstić information content (AvgIpc) is 2.39. The van der Waals surface area contributed by atoms with Crippen LogP contribution in [0.2, 0.25) is 5.02 Å². The average molecular weight is 278 g/mol. The first-order valence-corrected chi connectivity index (χ1v) is 6.56. The van der Waals surface area contributed by atoms with Crippen LogP contribution in [0.4, 0.5) is 5.82 Å². The lowest BCUT2D eigenvalue weighted by Crippen LogP contribution is -2.04.